The summed E-state index contributed by atoms with van der Waals surface area (Å²) >= 11 is 0. The first-order chi connectivity index (χ1) is 7.86. The molecule has 4 nitrogen and oxygen atoms in total. The largest absolute Gasteiger partial charge is 0.433 e. The van der Waals surface area contributed by atoms with Crippen LogP contribution in [0.5, 0.6) is 0 Å². The molecule has 1 rings (SSSR count). The van der Waals surface area contributed by atoms with E-state index in [9.17, 15) is 18.0 Å². The topological polar surface area (TPSA) is 68.0 Å². The smallest absolute Gasteiger partial charge is 0.365 e. The number of halogens is 3. The lowest BCUT2D eigenvalue weighted by Gasteiger charge is -2.11. The zero-order valence-electron chi connectivity index (χ0n) is 8.51. The molecule has 0 aromatic carbocycles. The van der Waals surface area contributed by atoms with Gasteiger partial charge in [-0.15, -0.1) is 6.42 Å². The van der Waals surface area contributed by atoms with Crippen LogP contribution in [0.2, 0.25) is 0 Å². The lowest BCUT2D eigenvalue weighted by Crippen LogP contribution is -2.18. The zero-order chi connectivity index (χ0) is 13.1. The molecule has 90 valence electrons. The third-order valence-corrected chi connectivity index (χ3v) is 1.81. The van der Waals surface area contributed by atoms with Crippen molar-refractivity contribution in [3.63, 3.8) is 0 Å². The molecule has 0 saturated carbocycles. The number of amides is 1. The van der Waals surface area contributed by atoms with Gasteiger partial charge in [-0.05, 0) is 12.1 Å². The van der Waals surface area contributed by atoms with Gasteiger partial charge in [0.05, 0.1) is 12.1 Å². The predicted octanol–water partition coefficient (Wildman–Crippen LogP) is 1.24. The standard InChI is InChI=1S/C10H8F3N3O/c1-2-5-15-9-6(8(14)17)3-4-7(16-9)10(11,12)13/h1,3-4H,5H2,(H2,14,17)(H,15,16). The number of pyridine rings is 1. The molecule has 7 heteroatoms. The number of hydrogen-bond acceptors (Lipinski definition) is 3. The molecule has 0 fully saturated rings. The summed E-state index contributed by atoms with van der Waals surface area (Å²) in [5.74, 6) is 1.000. The fourth-order valence-corrected chi connectivity index (χ4v) is 1.09. The molecule has 1 amide bonds. The Morgan fingerprint density at radius 1 is 1.53 bits per heavy atom. The van der Waals surface area contributed by atoms with E-state index >= 15 is 0 Å². The maximum Gasteiger partial charge on any atom is 0.433 e. The molecule has 0 atom stereocenters. The number of nitrogens with two attached hydrogens (primary N) is 1. The Labute approximate surface area is 95.0 Å². The Bertz CT molecular complexity index is 477. The van der Waals surface area contributed by atoms with E-state index < -0.39 is 17.8 Å². The van der Waals surface area contributed by atoms with Crippen molar-refractivity contribution in [2.24, 2.45) is 5.73 Å². The number of carbonyl (C=O) groups is 1. The van der Waals surface area contributed by atoms with E-state index in [-0.39, 0.29) is 17.9 Å². The minimum atomic E-state index is -4.59. The highest BCUT2D eigenvalue weighted by Crippen LogP contribution is 2.29. The van der Waals surface area contributed by atoms with Gasteiger partial charge in [0, 0.05) is 0 Å². The summed E-state index contributed by atoms with van der Waals surface area (Å²) in [7, 11) is 0. The molecule has 0 unspecified atom stereocenters. The molecule has 0 radical (unpaired) electrons. The molecular formula is C10H8F3N3O. The van der Waals surface area contributed by atoms with Crippen LogP contribution >= 0.6 is 0 Å². The van der Waals surface area contributed by atoms with Gasteiger partial charge in [0.2, 0.25) is 0 Å². The number of carbonyl (C=O) groups excluding carboxylic acids is 1. The summed E-state index contributed by atoms with van der Waals surface area (Å²) in [5.41, 5.74) is 3.73. The van der Waals surface area contributed by atoms with Gasteiger partial charge in [-0.1, -0.05) is 5.92 Å². The van der Waals surface area contributed by atoms with Crippen LogP contribution < -0.4 is 11.1 Å². The number of terminal acetylenes is 1. The summed E-state index contributed by atoms with van der Waals surface area (Å²) in [5, 5.41) is 2.41. The van der Waals surface area contributed by atoms with Gasteiger partial charge >= 0.3 is 6.18 Å². The first-order valence-electron chi connectivity index (χ1n) is 4.41. The molecule has 0 aliphatic heterocycles. The Morgan fingerprint density at radius 3 is 2.65 bits per heavy atom. The zero-order valence-corrected chi connectivity index (χ0v) is 8.51. The molecule has 0 aliphatic carbocycles. The van der Waals surface area contributed by atoms with E-state index in [2.05, 4.69) is 16.2 Å². The monoisotopic (exact) mass is 243 g/mol. The maximum atomic E-state index is 12.4. The Hall–Kier alpha value is -2.23. The van der Waals surface area contributed by atoms with E-state index in [1.54, 1.807) is 0 Å². The van der Waals surface area contributed by atoms with E-state index in [0.717, 1.165) is 6.07 Å². The number of nitrogens with zero attached hydrogens (tertiary/aromatic N) is 1. The molecule has 1 aromatic heterocycles. The number of anilines is 1. The Balaban J connectivity index is 3.20. The number of primary amides is 1. The number of rotatable bonds is 3. The summed E-state index contributed by atoms with van der Waals surface area (Å²) in [6, 6.07) is 1.64. The van der Waals surface area contributed by atoms with Gasteiger partial charge in [0.25, 0.3) is 5.91 Å². The number of alkyl halides is 3. The molecular weight excluding hydrogens is 235 g/mol. The molecule has 17 heavy (non-hydrogen) atoms. The molecule has 1 aromatic rings. The molecule has 0 spiro atoms. The molecule has 0 bridgehead atoms. The van der Waals surface area contributed by atoms with Crippen molar-refractivity contribution in [3.8, 4) is 12.3 Å². The second-order valence-electron chi connectivity index (χ2n) is 3.01. The van der Waals surface area contributed by atoms with Crippen LogP contribution in [0.25, 0.3) is 0 Å². The lowest BCUT2D eigenvalue weighted by molar-refractivity contribution is -0.141. The minimum Gasteiger partial charge on any atom is -0.365 e. The van der Waals surface area contributed by atoms with Crippen molar-refractivity contribution < 1.29 is 18.0 Å². The van der Waals surface area contributed by atoms with Crippen molar-refractivity contribution >= 4 is 11.7 Å². The average molecular weight is 243 g/mol. The van der Waals surface area contributed by atoms with Gasteiger partial charge in [-0.25, -0.2) is 4.98 Å². The van der Waals surface area contributed by atoms with Crippen molar-refractivity contribution in [3.05, 3.63) is 23.4 Å². The van der Waals surface area contributed by atoms with Gasteiger partial charge in [-0.2, -0.15) is 13.2 Å². The lowest BCUT2D eigenvalue weighted by atomic mass is 10.2. The third kappa shape index (κ3) is 3.11. The second kappa shape index (κ2) is 4.74. The van der Waals surface area contributed by atoms with Gasteiger partial charge in [-0.3, -0.25) is 4.79 Å². The van der Waals surface area contributed by atoms with Gasteiger partial charge < -0.3 is 11.1 Å². The van der Waals surface area contributed by atoms with Crippen LogP contribution in [0.3, 0.4) is 0 Å². The summed E-state index contributed by atoms with van der Waals surface area (Å²) in [6.45, 7) is -0.0609. The first-order valence-corrected chi connectivity index (χ1v) is 4.41. The average Bonchev–Trinajstić information content (AvgIpc) is 2.24. The SMILES string of the molecule is C#CCNc1nc(C(F)(F)F)ccc1C(N)=O. The van der Waals surface area contributed by atoms with Crippen LogP contribution in [0.1, 0.15) is 16.1 Å². The van der Waals surface area contributed by atoms with E-state index in [0.29, 0.717) is 6.07 Å². The number of hydrogen-bond donors (Lipinski definition) is 2. The normalized spacial score (nSPS) is 10.7. The third-order valence-electron chi connectivity index (χ3n) is 1.81. The van der Waals surface area contributed by atoms with E-state index in [1.165, 1.54) is 0 Å². The minimum absolute atomic E-state index is 0.0609. The van der Waals surface area contributed by atoms with Gasteiger partial charge in [0.15, 0.2) is 0 Å². The van der Waals surface area contributed by atoms with Crippen molar-refractivity contribution in [2.75, 3.05) is 11.9 Å². The van der Waals surface area contributed by atoms with Crippen LogP contribution in [0.15, 0.2) is 12.1 Å². The number of aromatic nitrogens is 1. The van der Waals surface area contributed by atoms with Gasteiger partial charge in [0.1, 0.15) is 11.5 Å². The van der Waals surface area contributed by atoms with Crippen LogP contribution in [0, 0.1) is 12.3 Å². The van der Waals surface area contributed by atoms with E-state index in [1.807, 2.05) is 0 Å². The fourth-order valence-electron chi connectivity index (χ4n) is 1.09. The highest BCUT2D eigenvalue weighted by molar-refractivity contribution is 5.97. The van der Waals surface area contributed by atoms with Crippen molar-refractivity contribution in [1.82, 2.24) is 4.98 Å². The summed E-state index contributed by atoms with van der Waals surface area (Å²) < 4.78 is 37.1. The highest BCUT2D eigenvalue weighted by Gasteiger charge is 2.33. The quantitative estimate of drug-likeness (QED) is 0.785. The van der Waals surface area contributed by atoms with E-state index in [4.69, 9.17) is 12.2 Å². The van der Waals surface area contributed by atoms with Crippen LogP contribution in [-0.4, -0.2) is 17.4 Å². The highest BCUT2D eigenvalue weighted by atomic mass is 19.4. The number of nitrogens with one attached hydrogen (secondary N) is 1. The van der Waals surface area contributed by atoms with Crippen molar-refractivity contribution in [1.29, 1.82) is 0 Å². The summed E-state index contributed by atoms with van der Waals surface area (Å²) in [6.07, 6.45) is 0.353. The Morgan fingerprint density at radius 2 is 2.18 bits per heavy atom. The molecule has 0 aliphatic rings. The molecule has 1 heterocycles. The maximum absolute atomic E-state index is 12.4. The van der Waals surface area contributed by atoms with Crippen LogP contribution in [-0.2, 0) is 6.18 Å². The molecule has 3 N–H and O–H groups in total. The summed E-state index contributed by atoms with van der Waals surface area (Å²) in [4.78, 5) is 14.2. The fraction of sp³-hybridized carbons (Fsp3) is 0.200. The Kier molecular flexibility index (Phi) is 3.58. The van der Waals surface area contributed by atoms with Crippen molar-refractivity contribution in [2.45, 2.75) is 6.18 Å². The van der Waals surface area contributed by atoms with Crippen LogP contribution in [0.4, 0.5) is 19.0 Å². The second-order valence-corrected chi connectivity index (χ2v) is 3.01. The molecule has 0 saturated heterocycles. The predicted molar refractivity (Wildman–Crippen MR) is 55.1 cm³/mol. The first kappa shape index (κ1) is 12.8.